The van der Waals surface area contributed by atoms with Crippen LogP contribution in [0.4, 0.5) is 0 Å². The minimum atomic E-state index is -1.70. The average Bonchev–Trinajstić information content (AvgIpc) is 3.21. The molecule has 0 aromatic rings. The molecule has 11 nitrogen and oxygen atoms in total. The van der Waals surface area contributed by atoms with Crippen LogP contribution in [0.25, 0.3) is 0 Å². The number of rotatable bonds is 37. The van der Waals surface area contributed by atoms with Crippen molar-refractivity contribution in [2.75, 3.05) is 13.2 Å². The van der Waals surface area contributed by atoms with E-state index in [4.69, 9.17) is 18.9 Å². The quantitative estimate of drug-likeness (QED) is 0.0301. The van der Waals surface area contributed by atoms with Crippen LogP contribution in [0.3, 0.4) is 0 Å². The van der Waals surface area contributed by atoms with Gasteiger partial charge in [0.15, 0.2) is 12.6 Å². The van der Waals surface area contributed by atoms with Crippen LogP contribution < -0.4 is 0 Å². The summed E-state index contributed by atoms with van der Waals surface area (Å²) in [6.45, 7) is 3.31. The van der Waals surface area contributed by atoms with Crippen molar-refractivity contribution in [1.29, 1.82) is 0 Å². The molecule has 11 atom stereocenters. The molecular formula is C46H90O11. The summed E-state index contributed by atoms with van der Waals surface area (Å²) in [6.07, 6.45) is 24.4. The van der Waals surface area contributed by atoms with E-state index >= 15 is 0 Å². The standard InChI is InChI=1S/C46H90O11/c1-3-5-7-9-11-13-15-17-19-21-23-25-27-29-31-33-36(32-30-28-26-24-22-20-18-16-14-12-10-8-6-4-2)54-45-43(53)41(51)44(38(35-48)56-45)57-46-42(52)40(50)39(49)37(34-47)55-46/h36-53H,3-35H2,1-2H3/t36?,37-,38-,39-,40+,41-,42-,43-,44-,45-,46-/m1/s1. The van der Waals surface area contributed by atoms with Gasteiger partial charge in [-0.25, -0.2) is 0 Å². The number of ether oxygens (including phenoxy) is 4. The summed E-state index contributed by atoms with van der Waals surface area (Å²) in [4.78, 5) is 0. The fourth-order valence-corrected chi connectivity index (χ4v) is 8.45. The average molecular weight is 819 g/mol. The minimum absolute atomic E-state index is 0.182. The first-order valence-corrected chi connectivity index (χ1v) is 24.0. The monoisotopic (exact) mass is 819 g/mol. The molecule has 2 saturated heterocycles. The number of unbranched alkanes of at least 4 members (excludes halogenated alkanes) is 27. The van der Waals surface area contributed by atoms with Crippen LogP contribution in [-0.2, 0) is 18.9 Å². The zero-order valence-corrected chi connectivity index (χ0v) is 36.4. The molecule has 2 aliphatic rings. The maximum atomic E-state index is 11.2. The number of aliphatic hydroxyl groups is 7. The zero-order chi connectivity index (χ0) is 41.5. The van der Waals surface area contributed by atoms with Crippen molar-refractivity contribution in [1.82, 2.24) is 0 Å². The molecule has 2 rings (SSSR count). The van der Waals surface area contributed by atoms with Gasteiger partial charge in [-0.15, -0.1) is 0 Å². The van der Waals surface area contributed by atoms with Crippen LogP contribution in [0.15, 0.2) is 0 Å². The minimum Gasteiger partial charge on any atom is -0.394 e. The van der Waals surface area contributed by atoms with Crippen molar-refractivity contribution in [3.05, 3.63) is 0 Å². The lowest BCUT2D eigenvalue weighted by Crippen LogP contribution is -2.64. The van der Waals surface area contributed by atoms with Gasteiger partial charge in [0.2, 0.25) is 0 Å². The second-order valence-electron chi connectivity index (χ2n) is 17.4. The van der Waals surface area contributed by atoms with E-state index in [0.717, 1.165) is 38.5 Å². The van der Waals surface area contributed by atoms with E-state index in [2.05, 4.69) is 13.8 Å². The van der Waals surface area contributed by atoms with Crippen LogP contribution in [-0.4, -0.2) is 116 Å². The van der Waals surface area contributed by atoms with Crippen molar-refractivity contribution < 1.29 is 54.7 Å². The van der Waals surface area contributed by atoms with Crippen LogP contribution in [0.5, 0.6) is 0 Å². The Kier molecular flexibility index (Phi) is 31.6. The van der Waals surface area contributed by atoms with Crippen LogP contribution in [0.1, 0.15) is 213 Å². The second kappa shape index (κ2) is 34.2. The molecule has 1 unspecified atom stereocenters. The largest absolute Gasteiger partial charge is 0.394 e. The molecule has 2 heterocycles. The molecule has 0 spiro atoms. The van der Waals surface area contributed by atoms with Gasteiger partial charge >= 0.3 is 0 Å². The van der Waals surface area contributed by atoms with Crippen molar-refractivity contribution in [2.45, 2.75) is 280 Å². The smallest absolute Gasteiger partial charge is 0.187 e. The third-order valence-electron chi connectivity index (χ3n) is 12.3. The lowest BCUT2D eigenvalue weighted by Gasteiger charge is -2.46. The molecule has 57 heavy (non-hydrogen) atoms. The molecule has 11 heteroatoms. The first kappa shape index (κ1) is 52.7. The van der Waals surface area contributed by atoms with Gasteiger partial charge in [-0.3, -0.25) is 0 Å². The zero-order valence-electron chi connectivity index (χ0n) is 36.4. The molecule has 2 aliphatic heterocycles. The molecule has 7 N–H and O–H groups in total. The lowest BCUT2D eigenvalue weighted by molar-refractivity contribution is -0.363. The Morgan fingerprint density at radius 3 is 1.09 bits per heavy atom. The molecule has 2 fully saturated rings. The fraction of sp³-hybridized carbons (Fsp3) is 1.00. The Labute approximate surface area is 347 Å². The molecule has 0 radical (unpaired) electrons. The van der Waals surface area contributed by atoms with Gasteiger partial charge in [0.05, 0.1) is 19.3 Å². The van der Waals surface area contributed by atoms with Crippen molar-refractivity contribution in [3.63, 3.8) is 0 Å². The second-order valence-corrected chi connectivity index (χ2v) is 17.4. The SMILES string of the molecule is CCCCCCCCCCCCCCCCCC(CCCCCCCCCCCCCCCC)O[C@@H]1O[C@H](CO)[C@@H](O[C@H]2O[C@H](CO)[C@@H](O)[C@H](O)[C@H]2O)[C@H](O)[C@H]1O. The van der Waals surface area contributed by atoms with E-state index in [1.54, 1.807) is 0 Å². The molecule has 0 aliphatic carbocycles. The van der Waals surface area contributed by atoms with Gasteiger partial charge in [0.1, 0.15) is 48.8 Å². The van der Waals surface area contributed by atoms with E-state index in [1.807, 2.05) is 0 Å². The van der Waals surface area contributed by atoms with Crippen molar-refractivity contribution in [3.8, 4) is 0 Å². The highest BCUT2D eigenvalue weighted by atomic mass is 16.7. The Balaban J connectivity index is 1.79. The Morgan fingerprint density at radius 2 is 0.719 bits per heavy atom. The highest BCUT2D eigenvalue weighted by Crippen LogP contribution is 2.31. The maximum absolute atomic E-state index is 11.2. The predicted octanol–water partition coefficient (Wildman–Crippen LogP) is 8.13. The van der Waals surface area contributed by atoms with Gasteiger partial charge < -0.3 is 54.7 Å². The first-order valence-electron chi connectivity index (χ1n) is 24.0. The normalized spacial score (nSPS) is 28.6. The summed E-state index contributed by atoms with van der Waals surface area (Å²) >= 11 is 0. The van der Waals surface area contributed by atoms with Gasteiger partial charge in [-0.1, -0.05) is 200 Å². The van der Waals surface area contributed by atoms with E-state index in [9.17, 15) is 35.7 Å². The lowest BCUT2D eigenvalue weighted by atomic mass is 9.96. The highest BCUT2D eigenvalue weighted by molar-refractivity contribution is 4.94. The van der Waals surface area contributed by atoms with Gasteiger partial charge in [0.25, 0.3) is 0 Å². The number of aliphatic hydroxyl groups excluding tert-OH is 7. The molecule has 0 amide bonds. The van der Waals surface area contributed by atoms with E-state index in [-0.39, 0.29) is 6.10 Å². The predicted molar refractivity (Wildman–Crippen MR) is 226 cm³/mol. The van der Waals surface area contributed by atoms with E-state index in [1.165, 1.54) is 161 Å². The summed E-state index contributed by atoms with van der Waals surface area (Å²) in [5, 5.41) is 72.9. The van der Waals surface area contributed by atoms with Crippen LogP contribution in [0.2, 0.25) is 0 Å². The molecule has 0 aromatic carbocycles. The third kappa shape index (κ3) is 22.3. The molecule has 0 aromatic heterocycles. The number of hydrogen-bond donors (Lipinski definition) is 7. The third-order valence-corrected chi connectivity index (χ3v) is 12.3. The Bertz CT molecular complexity index is 894. The van der Waals surface area contributed by atoms with Gasteiger partial charge in [-0.05, 0) is 12.8 Å². The maximum Gasteiger partial charge on any atom is 0.187 e. The molecule has 0 bridgehead atoms. The Hall–Kier alpha value is -0.440. The van der Waals surface area contributed by atoms with Crippen LogP contribution >= 0.6 is 0 Å². The molecule has 0 saturated carbocycles. The van der Waals surface area contributed by atoms with E-state index < -0.39 is 74.6 Å². The van der Waals surface area contributed by atoms with E-state index in [0.29, 0.717) is 0 Å². The first-order chi connectivity index (χ1) is 27.8. The summed E-state index contributed by atoms with van der Waals surface area (Å²) in [7, 11) is 0. The summed E-state index contributed by atoms with van der Waals surface area (Å²) in [5.41, 5.74) is 0. The molecular weight excluding hydrogens is 728 g/mol. The summed E-state index contributed by atoms with van der Waals surface area (Å²) in [5.74, 6) is 0. The molecule has 340 valence electrons. The van der Waals surface area contributed by atoms with Crippen LogP contribution in [0, 0.1) is 0 Å². The Morgan fingerprint density at radius 1 is 0.386 bits per heavy atom. The summed E-state index contributed by atoms with van der Waals surface area (Å²) in [6, 6.07) is 0. The van der Waals surface area contributed by atoms with Crippen molar-refractivity contribution in [2.24, 2.45) is 0 Å². The topological polar surface area (TPSA) is 179 Å². The van der Waals surface area contributed by atoms with Gasteiger partial charge in [-0.2, -0.15) is 0 Å². The number of hydrogen-bond acceptors (Lipinski definition) is 11. The fourth-order valence-electron chi connectivity index (χ4n) is 8.45. The van der Waals surface area contributed by atoms with Crippen molar-refractivity contribution >= 4 is 0 Å². The van der Waals surface area contributed by atoms with Gasteiger partial charge in [0, 0.05) is 0 Å². The summed E-state index contributed by atoms with van der Waals surface area (Å²) < 4.78 is 23.6. The highest BCUT2D eigenvalue weighted by Gasteiger charge is 2.51.